The molecule has 3 rings (SSSR count). The summed E-state index contributed by atoms with van der Waals surface area (Å²) >= 11 is 1.01. The van der Waals surface area contributed by atoms with E-state index in [1.165, 1.54) is 23.0 Å². The van der Waals surface area contributed by atoms with Gasteiger partial charge < -0.3 is 9.67 Å². The number of hydrogen-bond donors (Lipinski definition) is 2. The van der Waals surface area contributed by atoms with E-state index < -0.39 is 21.8 Å². The fraction of sp³-hybridized carbons (Fsp3) is 0.0667. The molecule has 2 heterocycles. The Bertz CT molecular complexity index is 1090. The van der Waals surface area contributed by atoms with E-state index in [0.717, 1.165) is 23.5 Å². The molecule has 0 amide bonds. The van der Waals surface area contributed by atoms with Crippen LogP contribution >= 0.6 is 11.3 Å². The number of thiophene rings is 1. The molecular formula is C15H12FN3O4S2. The number of benzene rings is 1. The van der Waals surface area contributed by atoms with Crippen LogP contribution in [0, 0.1) is 5.82 Å². The van der Waals surface area contributed by atoms with Gasteiger partial charge in [-0.25, -0.2) is 22.6 Å². The third kappa shape index (κ3) is 3.26. The molecule has 2 aromatic heterocycles. The second-order valence-corrected chi connectivity index (χ2v) is 7.94. The fourth-order valence-electron chi connectivity index (χ4n) is 2.25. The Hall–Kier alpha value is -2.72. The largest absolute Gasteiger partial charge is 0.478 e. The van der Waals surface area contributed by atoms with Crippen molar-refractivity contribution in [3.63, 3.8) is 0 Å². The molecule has 0 aliphatic heterocycles. The van der Waals surface area contributed by atoms with Gasteiger partial charge in [0.25, 0.3) is 10.0 Å². The Morgan fingerprint density at radius 1 is 1.48 bits per heavy atom. The predicted octanol–water partition coefficient (Wildman–Crippen LogP) is 2.67. The molecule has 0 unspecified atom stereocenters. The van der Waals surface area contributed by atoms with Crippen molar-refractivity contribution in [2.24, 2.45) is 7.05 Å². The first-order chi connectivity index (χ1) is 11.8. The Kier molecular flexibility index (Phi) is 4.31. The molecule has 10 heteroatoms. The Labute approximate surface area is 146 Å². The van der Waals surface area contributed by atoms with Crippen molar-refractivity contribution in [1.82, 2.24) is 9.55 Å². The van der Waals surface area contributed by atoms with E-state index in [9.17, 15) is 17.6 Å². The average Bonchev–Trinajstić information content (AvgIpc) is 3.17. The number of carboxylic acid groups (broad SMARTS) is 1. The van der Waals surface area contributed by atoms with Crippen molar-refractivity contribution in [1.29, 1.82) is 0 Å². The van der Waals surface area contributed by atoms with Crippen LogP contribution in [0.15, 0.2) is 40.2 Å². The standard InChI is InChI=1S/C15H12FN3O4S2/c1-19-8-17-15-11(19)7-10(9(14(15)16)4-5-12(20)21)18-25(22,23)13-3-2-6-24-13/h2-8,18H,1H3,(H,20,21). The van der Waals surface area contributed by atoms with Gasteiger partial charge in [-0.3, -0.25) is 4.72 Å². The number of hydrogen-bond acceptors (Lipinski definition) is 5. The maximum Gasteiger partial charge on any atom is 0.328 e. The van der Waals surface area contributed by atoms with Gasteiger partial charge in [-0.05, 0) is 23.6 Å². The van der Waals surface area contributed by atoms with Crippen LogP contribution in [-0.4, -0.2) is 29.0 Å². The Morgan fingerprint density at radius 3 is 2.88 bits per heavy atom. The maximum atomic E-state index is 14.8. The number of aryl methyl sites for hydroxylation is 1. The lowest BCUT2D eigenvalue weighted by molar-refractivity contribution is -0.131. The molecule has 25 heavy (non-hydrogen) atoms. The van der Waals surface area contributed by atoms with Gasteiger partial charge in [0.05, 0.1) is 17.5 Å². The molecule has 0 aliphatic carbocycles. The summed E-state index contributed by atoms with van der Waals surface area (Å²) in [6.45, 7) is 0. The van der Waals surface area contributed by atoms with E-state index in [1.54, 1.807) is 18.5 Å². The highest BCUT2D eigenvalue weighted by Gasteiger charge is 2.21. The van der Waals surface area contributed by atoms with Crippen LogP contribution in [0.2, 0.25) is 0 Å². The number of nitrogens with one attached hydrogen (secondary N) is 1. The average molecular weight is 381 g/mol. The summed E-state index contributed by atoms with van der Waals surface area (Å²) in [4.78, 5) is 14.7. The molecular weight excluding hydrogens is 369 g/mol. The Balaban J connectivity index is 2.19. The number of carboxylic acids is 1. The van der Waals surface area contributed by atoms with Gasteiger partial charge in [0.15, 0.2) is 5.82 Å². The minimum Gasteiger partial charge on any atom is -0.478 e. The van der Waals surface area contributed by atoms with E-state index in [0.29, 0.717) is 5.52 Å². The fourth-order valence-corrected chi connectivity index (χ4v) is 4.32. The molecule has 0 radical (unpaired) electrons. The first-order valence-electron chi connectivity index (χ1n) is 6.90. The molecule has 0 saturated carbocycles. The van der Waals surface area contributed by atoms with Crippen molar-refractivity contribution in [3.05, 3.63) is 47.4 Å². The van der Waals surface area contributed by atoms with Gasteiger partial charge in [0.2, 0.25) is 0 Å². The molecule has 0 aliphatic rings. The first-order valence-corrected chi connectivity index (χ1v) is 9.27. The minimum atomic E-state index is -3.92. The number of aromatic nitrogens is 2. The zero-order chi connectivity index (χ0) is 18.2. The van der Waals surface area contributed by atoms with Crippen LogP contribution in [0.25, 0.3) is 17.1 Å². The first kappa shape index (κ1) is 17.1. The number of sulfonamides is 1. The van der Waals surface area contributed by atoms with Crippen molar-refractivity contribution in [3.8, 4) is 0 Å². The summed E-state index contributed by atoms with van der Waals surface area (Å²) < 4.78 is 43.5. The second-order valence-electron chi connectivity index (χ2n) is 5.08. The second kappa shape index (κ2) is 6.30. The minimum absolute atomic E-state index is 0.0200. The smallest absolute Gasteiger partial charge is 0.328 e. The summed E-state index contributed by atoms with van der Waals surface area (Å²) in [6, 6.07) is 4.41. The predicted molar refractivity (Wildman–Crippen MR) is 92.5 cm³/mol. The molecule has 0 fully saturated rings. The van der Waals surface area contributed by atoms with Gasteiger partial charge in [0, 0.05) is 18.7 Å². The summed E-state index contributed by atoms with van der Waals surface area (Å²) in [5.74, 6) is -2.09. The number of anilines is 1. The van der Waals surface area contributed by atoms with Crippen LogP contribution in [0.3, 0.4) is 0 Å². The number of halogens is 1. The quantitative estimate of drug-likeness (QED) is 0.662. The highest BCUT2D eigenvalue weighted by molar-refractivity contribution is 7.94. The molecule has 130 valence electrons. The van der Waals surface area contributed by atoms with Crippen LogP contribution in [-0.2, 0) is 21.9 Å². The maximum absolute atomic E-state index is 14.8. The number of carbonyl (C=O) groups is 1. The summed E-state index contributed by atoms with van der Waals surface area (Å²) in [5, 5.41) is 10.4. The summed E-state index contributed by atoms with van der Waals surface area (Å²) in [5.41, 5.74) is 0.119. The lowest BCUT2D eigenvalue weighted by Crippen LogP contribution is -2.13. The zero-order valence-electron chi connectivity index (χ0n) is 12.8. The highest BCUT2D eigenvalue weighted by Crippen LogP contribution is 2.31. The van der Waals surface area contributed by atoms with Crippen LogP contribution in [0.5, 0.6) is 0 Å². The van der Waals surface area contributed by atoms with Gasteiger partial charge >= 0.3 is 5.97 Å². The van der Waals surface area contributed by atoms with Crippen molar-refractivity contribution in [2.75, 3.05) is 4.72 Å². The van der Waals surface area contributed by atoms with E-state index in [2.05, 4.69) is 9.71 Å². The molecule has 1 aromatic carbocycles. The van der Waals surface area contributed by atoms with Crippen molar-refractivity contribution < 1.29 is 22.7 Å². The number of fused-ring (bicyclic) bond motifs is 1. The summed E-state index contributed by atoms with van der Waals surface area (Å²) in [7, 11) is -2.28. The zero-order valence-corrected chi connectivity index (χ0v) is 14.4. The molecule has 7 nitrogen and oxygen atoms in total. The Morgan fingerprint density at radius 2 is 2.24 bits per heavy atom. The number of nitrogens with zero attached hydrogens (tertiary/aromatic N) is 2. The number of imidazole rings is 1. The normalized spacial score (nSPS) is 12.1. The van der Waals surface area contributed by atoms with Crippen molar-refractivity contribution in [2.45, 2.75) is 4.21 Å². The third-order valence-corrected chi connectivity index (χ3v) is 6.16. The molecule has 2 N–H and O–H groups in total. The van der Waals surface area contributed by atoms with Gasteiger partial charge in [-0.1, -0.05) is 6.07 Å². The SMILES string of the molecule is Cn1cnc2c(F)c(C=CC(=O)O)c(NS(=O)(=O)c3cccs3)cc21. The van der Waals surface area contributed by atoms with Gasteiger partial charge in [-0.2, -0.15) is 0 Å². The van der Waals surface area contributed by atoms with Crippen LogP contribution < -0.4 is 4.72 Å². The molecule has 3 aromatic rings. The lowest BCUT2D eigenvalue weighted by Gasteiger charge is -2.11. The van der Waals surface area contributed by atoms with E-state index >= 15 is 0 Å². The van der Waals surface area contributed by atoms with E-state index in [1.807, 2.05) is 0 Å². The van der Waals surface area contributed by atoms with E-state index in [4.69, 9.17) is 5.11 Å². The highest BCUT2D eigenvalue weighted by atomic mass is 32.2. The number of aliphatic carboxylic acids is 1. The van der Waals surface area contributed by atoms with Crippen LogP contribution in [0.4, 0.5) is 10.1 Å². The number of rotatable bonds is 5. The van der Waals surface area contributed by atoms with Gasteiger partial charge in [0.1, 0.15) is 9.73 Å². The van der Waals surface area contributed by atoms with Crippen LogP contribution in [0.1, 0.15) is 5.56 Å². The van der Waals surface area contributed by atoms with Gasteiger partial charge in [-0.15, -0.1) is 11.3 Å². The lowest BCUT2D eigenvalue weighted by atomic mass is 10.1. The monoisotopic (exact) mass is 381 g/mol. The molecule has 0 bridgehead atoms. The van der Waals surface area contributed by atoms with E-state index in [-0.39, 0.29) is 21.0 Å². The molecule has 0 saturated heterocycles. The summed E-state index contributed by atoms with van der Waals surface area (Å²) in [6.07, 6.45) is 3.12. The molecule has 0 spiro atoms. The molecule has 0 atom stereocenters. The topological polar surface area (TPSA) is 101 Å². The third-order valence-electron chi connectivity index (χ3n) is 3.40. The van der Waals surface area contributed by atoms with Crippen molar-refractivity contribution >= 4 is 50.1 Å².